The van der Waals surface area contributed by atoms with E-state index in [1.165, 1.54) is 11.3 Å². The summed E-state index contributed by atoms with van der Waals surface area (Å²) >= 11 is 3.11. The van der Waals surface area contributed by atoms with Gasteiger partial charge >= 0.3 is 5.97 Å². The minimum Gasteiger partial charge on any atom is -0.463 e. The van der Waals surface area contributed by atoms with Gasteiger partial charge in [0, 0.05) is 18.0 Å². The summed E-state index contributed by atoms with van der Waals surface area (Å²) in [6.45, 7) is 4.79. The van der Waals surface area contributed by atoms with E-state index in [2.05, 4.69) is 15.2 Å². The zero-order valence-electron chi connectivity index (χ0n) is 16.9. The highest BCUT2D eigenvalue weighted by Gasteiger charge is 2.37. The van der Waals surface area contributed by atoms with Crippen molar-refractivity contribution in [2.24, 2.45) is 4.99 Å². The normalized spacial score (nSPS) is 18.5. The van der Waals surface area contributed by atoms with E-state index in [-0.39, 0.29) is 17.9 Å². The van der Waals surface area contributed by atoms with Crippen LogP contribution >= 0.6 is 23.1 Å². The van der Waals surface area contributed by atoms with Crippen LogP contribution in [-0.2, 0) is 9.53 Å². The van der Waals surface area contributed by atoms with Gasteiger partial charge in [-0.15, -0.1) is 11.3 Å². The van der Waals surface area contributed by atoms with Crippen LogP contribution in [0, 0.1) is 0 Å². The summed E-state index contributed by atoms with van der Waals surface area (Å²) in [5.41, 5.74) is 2.87. The number of anilines is 1. The number of hydrogen-bond donors (Lipinski definition) is 1. The fourth-order valence-corrected chi connectivity index (χ4v) is 5.31. The van der Waals surface area contributed by atoms with Crippen LogP contribution in [0.15, 0.2) is 58.0 Å². The lowest BCUT2D eigenvalue weighted by Crippen LogP contribution is -2.42. The molecule has 4 rings (SSSR count). The number of carbonyl (C=O) groups excluding carboxylic acids is 2. The number of nitrogens with zero attached hydrogens (tertiary/aromatic N) is 2. The highest BCUT2D eigenvalue weighted by molar-refractivity contribution is 8.13. The van der Waals surface area contributed by atoms with Crippen LogP contribution in [0.25, 0.3) is 0 Å². The fraction of sp³-hybridized carbons (Fsp3) is 0.318. The number of ether oxygens (including phenoxy) is 1. The van der Waals surface area contributed by atoms with Crippen LogP contribution in [-0.4, -0.2) is 40.8 Å². The summed E-state index contributed by atoms with van der Waals surface area (Å²) in [5, 5.41) is 5.77. The maximum Gasteiger partial charge on any atom is 0.338 e. The summed E-state index contributed by atoms with van der Waals surface area (Å²) in [5.74, 6) is 0.534. The molecule has 2 aliphatic rings. The number of thiophene rings is 1. The van der Waals surface area contributed by atoms with Gasteiger partial charge in [0.1, 0.15) is 0 Å². The molecule has 1 aromatic carbocycles. The molecule has 0 aliphatic carbocycles. The molecule has 0 spiro atoms. The molecular formula is C22H23N3O3S2. The standard InChI is InChI=1S/C22H23N3O3S2/c1-3-28-21(27)18-14(2)23-22-25(10-6-12-30-22)19(18)15-7-4-8-16(13-15)24-20(26)17-9-5-11-29-17/h4-5,7-9,11,13,19H,3,6,10,12H2,1-2H3,(H,24,26)/t19-/m1/s1. The SMILES string of the molecule is CCOC(=O)C1=C(C)N=C2SCCCN2[C@@H]1c1cccc(NC(=O)c2cccs2)c1. The molecule has 6 nitrogen and oxygen atoms in total. The van der Waals surface area contributed by atoms with E-state index in [1.807, 2.05) is 42.6 Å². The zero-order chi connectivity index (χ0) is 21.1. The van der Waals surface area contributed by atoms with Crippen LogP contribution in [0.3, 0.4) is 0 Å². The second-order valence-electron chi connectivity index (χ2n) is 6.97. The van der Waals surface area contributed by atoms with E-state index in [0.29, 0.717) is 28.4 Å². The molecule has 0 saturated carbocycles. The average molecular weight is 442 g/mol. The maximum atomic E-state index is 12.8. The molecule has 1 amide bonds. The monoisotopic (exact) mass is 441 g/mol. The van der Waals surface area contributed by atoms with Crippen molar-refractivity contribution in [2.45, 2.75) is 26.3 Å². The van der Waals surface area contributed by atoms with E-state index >= 15 is 0 Å². The Kier molecular flexibility index (Phi) is 6.24. The Morgan fingerprint density at radius 1 is 1.30 bits per heavy atom. The van der Waals surface area contributed by atoms with Gasteiger partial charge in [-0.25, -0.2) is 9.79 Å². The number of aliphatic imine (C=N–C) groups is 1. The molecule has 2 aromatic rings. The van der Waals surface area contributed by atoms with E-state index < -0.39 is 0 Å². The number of amides is 1. The number of benzene rings is 1. The molecule has 3 heterocycles. The third-order valence-electron chi connectivity index (χ3n) is 4.96. The second-order valence-corrected chi connectivity index (χ2v) is 8.98. The Hall–Kier alpha value is -2.58. The quantitative estimate of drug-likeness (QED) is 0.682. The van der Waals surface area contributed by atoms with E-state index in [0.717, 1.165) is 29.4 Å². The molecule has 8 heteroatoms. The number of thioether (sulfide) groups is 1. The van der Waals surface area contributed by atoms with Gasteiger partial charge in [-0.3, -0.25) is 4.79 Å². The highest BCUT2D eigenvalue weighted by Crippen LogP contribution is 2.40. The predicted molar refractivity (Wildman–Crippen MR) is 122 cm³/mol. The number of allylic oxidation sites excluding steroid dienone is 1. The summed E-state index contributed by atoms with van der Waals surface area (Å²) in [6, 6.07) is 11.0. The molecule has 0 bridgehead atoms. The Labute approximate surface area is 184 Å². The zero-order valence-corrected chi connectivity index (χ0v) is 18.5. The third kappa shape index (κ3) is 4.15. The van der Waals surface area contributed by atoms with Crippen LogP contribution in [0.4, 0.5) is 5.69 Å². The van der Waals surface area contributed by atoms with Crippen molar-refractivity contribution in [1.29, 1.82) is 0 Å². The van der Waals surface area contributed by atoms with Crippen molar-refractivity contribution in [3.8, 4) is 0 Å². The molecule has 0 unspecified atom stereocenters. The molecule has 2 aliphatic heterocycles. The van der Waals surface area contributed by atoms with Gasteiger partial charge in [-0.1, -0.05) is 30.0 Å². The number of nitrogens with one attached hydrogen (secondary N) is 1. The molecule has 1 aromatic heterocycles. The lowest BCUT2D eigenvalue weighted by atomic mass is 9.94. The molecule has 1 fully saturated rings. The van der Waals surface area contributed by atoms with Crippen molar-refractivity contribution >= 4 is 45.8 Å². The van der Waals surface area contributed by atoms with Crippen LogP contribution in [0.2, 0.25) is 0 Å². The van der Waals surface area contributed by atoms with Crippen LogP contribution in [0.1, 0.15) is 41.5 Å². The first kappa shape index (κ1) is 20.7. The molecule has 1 saturated heterocycles. The topological polar surface area (TPSA) is 71.0 Å². The Balaban J connectivity index is 1.70. The highest BCUT2D eigenvalue weighted by atomic mass is 32.2. The van der Waals surface area contributed by atoms with Crippen molar-refractivity contribution < 1.29 is 14.3 Å². The molecular weight excluding hydrogens is 418 g/mol. The van der Waals surface area contributed by atoms with Gasteiger partial charge < -0.3 is 15.0 Å². The van der Waals surface area contributed by atoms with Gasteiger partial charge in [0.05, 0.1) is 28.8 Å². The Morgan fingerprint density at radius 3 is 2.93 bits per heavy atom. The van der Waals surface area contributed by atoms with E-state index in [1.54, 1.807) is 24.8 Å². The number of carbonyl (C=O) groups is 2. The molecule has 156 valence electrons. The van der Waals surface area contributed by atoms with Gasteiger partial charge in [0.25, 0.3) is 5.91 Å². The minimum absolute atomic E-state index is 0.140. The summed E-state index contributed by atoms with van der Waals surface area (Å²) < 4.78 is 5.36. The Bertz CT molecular complexity index is 1010. The van der Waals surface area contributed by atoms with Gasteiger partial charge in [-0.2, -0.15) is 0 Å². The number of hydrogen-bond acceptors (Lipinski definition) is 7. The molecule has 0 radical (unpaired) electrons. The first-order chi connectivity index (χ1) is 14.6. The van der Waals surface area contributed by atoms with Gasteiger partial charge in [0.15, 0.2) is 5.17 Å². The fourth-order valence-electron chi connectivity index (χ4n) is 3.67. The second kappa shape index (κ2) is 9.06. The van der Waals surface area contributed by atoms with Gasteiger partial charge in [0.2, 0.25) is 0 Å². The number of rotatable bonds is 5. The summed E-state index contributed by atoms with van der Waals surface area (Å²) in [4.78, 5) is 32.8. The van der Waals surface area contributed by atoms with Crippen molar-refractivity contribution in [2.75, 3.05) is 24.2 Å². The van der Waals surface area contributed by atoms with Crippen LogP contribution < -0.4 is 5.32 Å². The van der Waals surface area contributed by atoms with Crippen LogP contribution in [0.5, 0.6) is 0 Å². The summed E-state index contributed by atoms with van der Waals surface area (Å²) in [7, 11) is 0. The van der Waals surface area contributed by atoms with Gasteiger partial charge in [-0.05, 0) is 49.4 Å². The number of fused-ring (bicyclic) bond motifs is 1. The largest absolute Gasteiger partial charge is 0.463 e. The molecule has 30 heavy (non-hydrogen) atoms. The van der Waals surface area contributed by atoms with E-state index in [4.69, 9.17) is 4.74 Å². The predicted octanol–water partition coefficient (Wildman–Crippen LogP) is 4.69. The maximum absolute atomic E-state index is 12.8. The average Bonchev–Trinajstić information content (AvgIpc) is 3.28. The first-order valence-corrected chi connectivity index (χ1v) is 11.8. The first-order valence-electron chi connectivity index (χ1n) is 9.89. The minimum atomic E-state index is -0.341. The number of esters is 1. The van der Waals surface area contributed by atoms with E-state index in [9.17, 15) is 9.59 Å². The lowest BCUT2D eigenvalue weighted by molar-refractivity contribution is -0.139. The molecule has 1 atom stereocenters. The smallest absolute Gasteiger partial charge is 0.338 e. The van der Waals surface area contributed by atoms with Crippen molar-refractivity contribution in [3.63, 3.8) is 0 Å². The lowest BCUT2D eigenvalue weighted by Gasteiger charge is -2.40. The summed E-state index contributed by atoms with van der Waals surface area (Å²) in [6.07, 6.45) is 1.02. The van der Waals surface area contributed by atoms with Crippen molar-refractivity contribution in [1.82, 2.24) is 4.90 Å². The Morgan fingerprint density at radius 2 is 2.17 bits per heavy atom. The molecule has 1 N–H and O–H groups in total. The van der Waals surface area contributed by atoms with Crippen molar-refractivity contribution in [3.05, 3.63) is 63.5 Å². The number of amidine groups is 1. The third-order valence-corrected chi connectivity index (χ3v) is 6.90.